The lowest BCUT2D eigenvalue weighted by Crippen LogP contribution is -2.26. The Morgan fingerprint density at radius 1 is 0.925 bits per heavy atom. The van der Waals surface area contributed by atoms with Crippen LogP contribution < -0.4 is 0 Å². The van der Waals surface area contributed by atoms with Gasteiger partial charge in [0.05, 0.1) is 39.7 Å². The van der Waals surface area contributed by atoms with Crippen LogP contribution in [0.5, 0.6) is 0 Å². The number of H-pyrrole nitrogens is 1. The van der Waals surface area contributed by atoms with E-state index >= 15 is 0 Å². The molecular weight excluding hydrogens is 498 g/mol. The molecule has 0 unspecified atom stereocenters. The number of aromatic amines is 1. The van der Waals surface area contributed by atoms with Crippen molar-refractivity contribution < 1.29 is 4.74 Å². The lowest BCUT2D eigenvalue weighted by Gasteiger charge is -2.33. The molecule has 1 aliphatic heterocycles. The molecule has 40 heavy (non-hydrogen) atoms. The number of rotatable bonds is 5. The van der Waals surface area contributed by atoms with Crippen molar-refractivity contribution in [3.8, 4) is 22.4 Å². The molecule has 1 atom stereocenters. The number of pyridine rings is 1. The first-order valence-corrected chi connectivity index (χ1v) is 14.0. The zero-order chi connectivity index (χ0) is 27.4. The molecule has 8 heteroatoms. The van der Waals surface area contributed by atoms with E-state index in [2.05, 4.69) is 93.5 Å². The van der Waals surface area contributed by atoms with Crippen molar-refractivity contribution in [3.05, 3.63) is 83.4 Å². The Hall–Kier alpha value is -4.30. The lowest BCUT2D eigenvalue weighted by molar-refractivity contribution is 0.0553. The predicted molar refractivity (Wildman–Crippen MR) is 157 cm³/mol. The first-order chi connectivity index (χ1) is 19.5. The summed E-state index contributed by atoms with van der Waals surface area (Å²) in [6.45, 7) is 7.71. The van der Waals surface area contributed by atoms with Gasteiger partial charge in [-0.1, -0.05) is 47.7 Å². The Balaban J connectivity index is 1.56. The van der Waals surface area contributed by atoms with Gasteiger partial charge in [0, 0.05) is 48.7 Å². The van der Waals surface area contributed by atoms with E-state index in [9.17, 15) is 0 Å². The summed E-state index contributed by atoms with van der Waals surface area (Å²) >= 11 is 0. The summed E-state index contributed by atoms with van der Waals surface area (Å²) in [5, 5.41) is 17.4. The Morgan fingerprint density at radius 3 is 2.40 bits per heavy atom. The van der Waals surface area contributed by atoms with Gasteiger partial charge in [0.25, 0.3) is 0 Å². The van der Waals surface area contributed by atoms with Gasteiger partial charge in [-0.25, -0.2) is 4.68 Å². The van der Waals surface area contributed by atoms with Crippen LogP contribution in [0.1, 0.15) is 41.5 Å². The largest absolute Gasteiger partial charge is 0.381 e. The molecule has 1 saturated heterocycles. The molecule has 0 spiro atoms. The fraction of sp³-hybridized carbons (Fsp3) is 0.312. The molecule has 0 radical (unpaired) electrons. The van der Waals surface area contributed by atoms with Gasteiger partial charge in [-0.2, -0.15) is 5.10 Å². The van der Waals surface area contributed by atoms with E-state index in [0.717, 1.165) is 81.9 Å². The van der Waals surface area contributed by atoms with Crippen molar-refractivity contribution in [2.24, 2.45) is 13.0 Å². The van der Waals surface area contributed by atoms with Crippen LogP contribution in [0, 0.1) is 26.7 Å². The number of aromatic nitrogens is 7. The first kappa shape index (κ1) is 24.7. The quantitative estimate of drug-likeness (QED) is 0.281. The molecule has 8 nitrogen and oxygen atoms in total. The summed E-state index contributed by atoms with van der Waals surface area (Å²) in [5.41, 5.74) is 11.9. The van der Waals surface area contributed by atoms with Crippen LogP contribution in [-0.4, -0.2) is 48.0 Å². The topological polar surface area (TPSA) is 86.4 Å². The van der Waals surface area contributed by atoms with Crippen molar-refractivity contribution in [2.75, 3.05) is 13.2 Å². The second-order valence-corrected chi connectivity index (χ2v) is 11.0. The molecule has 4 aromatic heterocycles. The fourth-order valence-electron chi connectivity index (χ4n) is 6.64. The van der Waals surface area contributed by atoms with Gasteiger partial charge in [0.1, 0.15) is 0 Å². The average Bonchev–Trinajstić information content (AvgIpc) is 3.61. The first-order valence-electron chi connectivity index (χ1n) is 14.0. The summed E-state index contributed by atoms with van der Waals surface area (Å²) in [5.74, 6) is 0.430. The molecule has 2 aromatic carbocycles. The molecule has 5 heterocycles. The van der Waals surface area contributed by atoms with Crippen LogP contribution >= 0.6 is 0 Å². The van der Waals surface area contributed by atoms with Crippen LogP contribution in [0.4, 0.5) is 0 Å². The number of hydrogen-bond acceptors (Lipinski definition) is 5. The SMILES string of the molecule is Cc1n[nH]c(C)c1-c1ccc2c3ncc(-c4c(C)nnn4C)cc3n([C@H](c3ccccc3)C3CCOCC3)c2c1. The van der Waals surface area contributed by atoms with Crippen molar-refractivity contribution in [1.29, 1.82) is 0 Å². The monoisotopic (exact) mass is 531 g/mol. The third-order valence-corrected chi connectivity index (χ3v) is 8.46. The maximum atomic E-state index is 5.82. The minimum absolute atomic E-state index is 0.134. The van der Waals surface area contributed by atoms with E-state index < -0.39 is 0 Å². The van der Waals surface area contributed by atoms with Crippen molar-refractivity contribution in [3.63, 3.8) is 0 Å². The number of ether oxygens (including phenoxy) is 1. The van der Waals surface area contributed by atoms with Gasteiger partial charge < -0.3 is 9.30 Å². The third-order valence-electron chi connectivity index (χ3n) is 8.46. The Bertz CT molecular complexity index is 1700. The zero-order valence-corrected chi connectivity index (χ0v) is 23.3. The smallest absolute Gasteiger partial charge is 0.0960 e. The average molecular weight is 532 g/mol. The van der Waals surface area contributed by atoms with Crippen molar-refractivity contribution >= 4 is 21.9 Å². The van der Waals surface area contributed by atoms with Gasteiger partial charge in [-0.3, -0.25) is 10.1 Å². The molecule has 1 fully saturated rings. The summed E-state index contributed by atoms with van der Waals surface area (Å²) in [4.78, 5) is 5.08. The van der Waals surface area contributed by atoms with Gasteiger partial charge in [-0.15, -0.1) is 5.10 Å². The van der Waals surface area contributed by atoms with Gasteiger partial charge >= 0.3 is 0 Å². The highest BCUT2D eigenvalue weighted by atomic mass is 16.5. The normalized spacial score (nSPS) is 15.3. The van der Waals surface area contributed by atoms with Crippen molar-refractivity contribution in [1.82, 2.24) is 34.7 Å². The van der Waals surface area contributed by atoms with Gasteiger partial charge in [0.15, 0.2) is 0 Å². The number of hydrogen-bond donors (Lipinski definition) is 1. The summed E-state index contributed by atoms with van der Waals surface area (Å²) < 4.78 is 10.2. The molecular formula is C32H33N7O. The summed E-state index contributed by atoms with van der Waals surface area (Å²) in [7, 11) is 1.94. The number of nitrogens with zero attached hydrogens (tertiary/aromatic N) is 6. The standard InChI is InChI=1S/C32H33N7O/c1-19-29(20(2)35-34-19)24-10-11-26-27(16-24)39(32(22-8-6-5-7-9-22)23-12-14-40-15-13-23)28-17-25(18-33-30(26)28)31-21(3)36-37-38(31)4/h5-11,16-18,23,32H,12-15H2,1-4H3,(H,34,35)/t32-/m1/s1. The fourth-order valence-corrected chi connectivity index (χ4v) is 6.64. The van der Waals surface area contributed by atoms with E-state index in [1.165, 1.54) is 11.1 Å². The van der Waals surface area contributed by atoms with Crippen LogP contribution in [-0.2, 0) is 11.8 Å². The number of nitrogens with one attached hydrogen (secondary N) is 1. The Kier molecular flexibility index (Phi) is 6.00. The van der Waals surface area contributed by atoms with Gasteiger partial charge in [-0.05, 0) is 62.8 Å². The van der Waals surface area contributed by atoms with Gasteiger partial charge in [0.2, 0.25) is 0 Å². The highest BCUT2D eigenvalue weighted by Gasteiger charge is 2.30. The highest BCUT2D eigenvalue weighted by Crippen LogP contribution is 2.42. The van der Waals surface area contributed by atoms with Crippen LogP contribution in [0.15, 0.2) is 60.8 Å². The molecule has 0 bridgehead atoms. The molecule has 0 amide bonds. The van der Waals surface area contributed by atoms with Crippen LogP contribution in [0.3, 0.4) is 0 Å². The number of aryl methyl sites for hydroxylation is 4. The summed E-state index contributed by atoms with van der Waals surface area (Å²) in [6.07, 6.45) is 3.98. The molecule has 1 N–H and O–H groups in total. The maximum absolute atomic E-state index is 5.82. The molecule has 202 valence electrons. The Labute approximate surface area is 233 Å². The Morgan fingerprint density at radius 2 is 1.70 bits per heavy atom. The van der Waals surface area contributed by atoms with E-state index in [1.54, 1.807) is 0 Å². The second kappa shape index (κ2) is 9.71. The third kappa shape index (κ3) is 3.93. The summed E-state index contributed by atoms with van der Waals surface area (Å²) in [6, 6.07) is 20.1. The van der Waals surface area contributed by atoms with E-state index in [0.29, 0.717) is 5.92 Å². The molecule has 0 saturated carbocycles. The number of benzene rings is 2. The van der Waals surface area contributed by atoms with Crippen LogP contribution in [0.25, 0.3) is 44.3 Å². The highest BCUT2D eigenvalue weighted by molar-refractivity contribution is 6.08. The predicted octanol–water partition coefficient (Wildman–Crippen LogP) is 6.32. The minimum atomic E-state index is 0.134. The van der Waals surface area contributed by atoms with Crippen LogP contribution in [0.2, 0.25) is 0 Å². The second-order valence-electron chi connectivity index (χ2n) is 11.0. The maximum Gasteiger partial charge on any atom is 0.0960 e. The lowest BCUT2D eigenvalue weighted by atomic mass is 9.86. The van der Waals surface area contributed by atoms with E-state index in [-0.39, 0.29) is 6.04 Å². The molecule has 6 aromatic rings. The van der Waals surface area contributed by atoms with E-state index in [1.807, 2.05) is 24.9 Å². The molecule has 1 aliphatic rings. The minimum Gasteiger partial charge on any atom is -0.381 e. The van der Waals surface area contributed by atoms with E-state index in [4.69, 9.17) is 9.72 Å². The molecule has 0 aliphatic carbocycles. The van der Waals surface area contributed by atoms with Crippen molar-refractivity contribution in [2.45, 2.75) is 39.7 Å². The zero-order valence-electron chi connectivity index (χ0n) is 23.3. The number of fused-ring (bicyclic) bond motifs is 3. The molecule has 7 rings (SSSR count).